The van der Waals surface area contributed by atoms with E-state index in [1.807, 2.05) is 19.1 Å². The minimum absolute atomic E-state index is 0.0318. The summed E-state index contributed by atoms with van der Waals surface area (Å²) in [5.41, 5.74) is 0.883. The Labute approximate surface area is 188 Å². The van der Waals surface area contributed by atoms with Crippen LogP contribution in [0.3, 0.4) is 0 Å². The van der Waals surface area contributed by atoms with Gasteiger partial charge in [-0.15, -0.1) is 0 Å². The minimum Gasteiger partial charge on any atom is -0.468 e. The van der Waals surface area contributed by atoms with Crippen molar-refractivity contribution in [3.63, 3.8) is 0 Å². The molecule has 0 saturated heterocycles. The maximum atomic E-state index is 12.8. The van der Waals surface area contributed by atoms with Crippen molar-refractivity contribution in [3.05, 3.63) is 59.8 Å². The third kappa shape index (κ3) is 7.61. The number of esters is 1. The van der Waals surface area contributed by atoms with E-state index in [1.165, 1.54) is 18.3 Å². The van der Waals surface area contributed by atoms with Crippen LogP contribution in [-0.2, 0) is 35.4 Å². The van der Waals surface area contributed by atoms with Crippen LogP contribution in [0.25, 0.3) is 0 Å². The number of pyridine rings is 1. The topological polar surface area (TPSA) is 121 Å². The van der Waals surface area contributed by atoms with E-state index in [-0.39, 0.29) is 11.4 Å². The molecule has 1 aromatic carbocycles. The van der Waals surface area contributed by atoms with Gasteiger partial charge in [0.1, 0.15) is 11.7 Å². The van der Waals surface area contributed by atoms with Crippen molar-refractivity contribution in [2.45, 2.75) is 56.9 Å². The smallest absolute Gasteiger partial charge is 0.468 e. The molecule has 10 heteroatoms. The highest BCUT2D eigenvalue weighted by atomic mass is 32.2. The predicted molar refractivity (Wildman–Crippen MR) is 116 cm³/mol. The molecule has 1 aromatic heterocycles. The second-order valence-electron chi connectivity index (χ2n) is 8.10. The van der Waals surface area contributed by atoms with E-state index in [1.54, 1.807) is 39.0 Å². The van der Waals surface area contributed by atoms with E-state index in [0.29, 0.717) is 0 Å². The molecule has 0 amide bonds. The first kappa shape index (κ1) is 25.3. The Morgan fingerprint density at radius 2 is 1.75 bits per heavy atom. The summed E-state index contributed by atoms with van der Waals surface area (Å²) in [7, 11) is -3.11. The quantitative estimate of drug-likeness (QED) is 0.592. The molecule has 174 valence electrons. The van der Waals surface area contributed by atoms with Crippen molar-refractivity contribution in [2.75, 3.05) is 7.11 Å². The Bertz CT molecular complexity index is 1020. The van der Waals surface area contributed by atoms with E-state index in [9.17, 15) is 18.0 Å². The number of ether oxygens (including phenoxy) is 3. The molecule has 0 saturated carbocycles. The molecule has 2 rings (SSSR count). The van der Waals surface area contributed by atoms with Crippen LogP contribution in [0.5, 0.6) is 0 Å². The summed E-state index contributed by atoms with van der Waals surface area (Å²) in [6.07, 6.45) is -0.953. The van der Waals surface area contributed by atoms with Crippen molar-refractivity contribution in [1.82, 2.24) is 9.71 Å². The fourth-order valence-electron chi connectivity index (χ4n) is 2.72. The van der Waals surface area contributed by atoms with Gasteiger partial charge in [0.2, 0.25) is 0 Å². The molecule has 0 bridgehead atoms. The molecule has 1 heterocycles. The van der Waals surface area contributed by atoms with Crippen molar-refractivity contribution < 1.29 is 32.2 Å². The third-order valence-corrected chi connectivity index (χ3v) is 5.57. The van der Waals surface area contributed by atoms with Crippen LogP contribution in [-0.4, -0.2) is 50.4 Å². The summed E-state index contributed by atoms with van der Waals surface area (Å²) in [5.74, 6) is -0.926. The van der Waals surface area contributed by atoms with Gasteiger partial charge in [-0.25, -0.2) is 18.2 Å². The van der Waals surface area contributed by atoms with Crippen LogP contribution in [0.4, 0.5) is 4.79 Å². The average Bonchev–Trinajstić information content (AvgIpc) is 2.72. The molecular weight excluding hydrogens is 436 g/mol. The zero-order chi connectivity index (χ0) is 23.9. The Morgan fingerprint density at radius 1 is 1.09 bits per heavy atom. The van der Waals surface area contributed by atoms with Gasteiger partial charge in [-0.05, 0) is 45.4 Å². The summed E-state index contributed by atoms with van der Waals surface area (Å²) >= 11 is 0. The molecule has 0 fully saturated rings. The van der Waals surface area contributed by atoms with Crippen molar-refractivity contribution in [1.29, 1.82) is 0 Å². The van der Waals surface area contributed by atoms with Crippen LogP contribution in [0.1, 0.15) is 31.9 Å². The molecule has 2 atom stereocenters. The number of hydrogen-bond acceptors (Lipinski definition) is 8. The SMILES string of the molecule is COC(=O)C(NS(=O)(=O)c1ccccn1)C(Cc1ccc(C)cc1)OC(=O)OC(C)(C)C. The van der Waals surface area contributed by atoms with E-state index < -0.39 is 39.9 Å². The number of sulfonamides is 1. The van der Waals surface area contributed by atoms with Gasteiger partial charge in [-0.2, -0.15) is 4.72 Å². The molecule has 2 aromatic rings. The summed E-state index contributed by atoms with van der Waals surface area (Å²) in [5, 5.41) is -0.291. The van der Waals surface area contributed by atoms with E-state index in [0.717, 1.165) is 18.2 Å². The molecule has 0 spiro atoms. The van der Waals surface area contributed by atoms with Gasteiger partial charge in [-0.1, -0.05) is 35.9 Å². The van der Waals surface area contributed by atoms with Gasteiger partial charge in [-0.3, -0.25) is 4.79 Å². The van der Waals surface area contributed by atoms with Crippen LogP contribution >= 0.6 is 0 Å². The standard InChI is InChI=1S/C22H28N2O7S/c1-15-9-11-16(12-10-15)14-17(30-21(26)31-22(2,3)4)19(20(25)29-5)24-32(27,28)18-8-6-7-13-23-18/h6-13,17,19,24H,14H2,1-5H3. The van der Waals surface area contributed by atoms with Gasteiger partial charge in [0.05, 0.1) is 7.11 Å². The lowest BCUT2D eigenvalue weighted by Gasteiger charge is -2.27. The van der Waals surface area contributed by atoms with Crippen molar-refractivity contribution in [3.8, 4) is 0 Å². The summed E-state index contributed by atoms with van der Waals surface area (Å²) in [6.45, 7) is 6.89. The number of nitrogens with zero attached hydrogens (tertiary/aromatic N) is 1. The first-order valence-corrected chi connectivity index (χ1v) is 11.4. The monoisotopic (exact) mass is 464 g/mol. The first-order chi connectivity index (χ1) is 14.9. The molecule has 0 aliphatic heterocycles. The zero-order valence-corrected chi connectivity index (χ0v) is 19.5. The number of carbonyl (C=O) groups is 2. The maximum absolute atomic E-state index is 12.8. The lowest BCUT2D eigenvalue weighted by Crippen LogP contribution is -2.52. The Morgan fingerprint density at radius 3 is 2.28 bits per heavy atom. The highest BCUT2D eigenvalue weighted by Crippen LogP contribution is 2.17. The number of benzene rings is 1. The number of nitrogens with one attached hydrogen (secondary N) is 1. The van der Waals surface area contributed by atoms with Crippen LogP contribution in [0, 0.1) is 6.92 Å². The maximum Gasteiger partial charge on any atom is 0.509 e. The summed E-state index contributed by atoms with van der Waals surface area (Å²) < 4.78 is 43.3. The molecule has 9 nitrogen and oxygen atoms in total. The highest BCUT2D eigenvalue weighted by molar-refractivity contribution is 7.89. The number of methoxy groups -OCH3 is 1. The molecular formula is C22H28N2O7S. The number of aryl methyl sites for hydroxylation is 1. The second kappa shape index (κ2) is 10.6. The van der Waals surface area contributed by atoms with Gasteiger partial charge in [0.25, 0.3) is 10.0 Å². The minimum atomic E-state index is -4.22. The van der Waals surface area contributed by atoms with Gasteiger partial charge in [0.15, 0.2) is 11.1 Å². The van der Waals surface area contributed by atoms with Crippen LogP contribution < -0.4 is 4.72 Å². The molecule has 0 aliphatic rings. The van der Waals surface area contributed by atoms with Crippen LogP contribution in [0.15, 0.2) is 53.7 Å². The van der Waals surface area contributed by atoms with Gasteiger partial charge in [0, 0.05) is 12.6 Å². The second-order valence-corrected chi connectivity index (χ2v) is 9.76. The Balaban J connectivity index is 2.40. The Kier molecular flexibility index (Phi) is 8.34. The normalized spacial score (nSPS) is 13.7. The Hall–Kier alpha value is -2.98. The average molecular weight is 465 g/mol. The van der Waals surface area contributed by atoms with Crippen molar-refractivity contribution in [2.24, 2.45) is 0 Å². The largest absolute Gasteiger partial charge is 0.509 e. The van der Waals surface area contributed by atoms with Gasteiger partial charge < -0.3 is 14.2 Å². The van der Waals surface area contributed by atoms with E-state index in [2.05, 4.69) is 9.71 Å². The molecule has 2 unspecified atom stereocenters. The number of carbonyl (C=O) groups excluding carboxylic acids is 2. The fraction of sp³-hybridized carbons (Fsp3) is 0.409. The zero-order valence-electron chi connectivity index (χ0n) is 18.7. The molecule has 32 heavy (non-hydrogen) atoms. The van der Waals surface area contributed by atoms with E-state index >= 15 is 0 Å². The first-order valence-electron chi connectivity index (χ1n) is 9.87. The summed E-state index contributed by atoms with van der Waals surface area (Å²) in [4.78, 5) is 28.8. The summed E-state index contributed by atoms with van der Waals surface area (Å²) in [6, 6.07) is 10.1. The van der Waals surface area contributed by atoms with Gasteiger partial charge >= 0.3 is 12.1 Å². The van der Waals surface area contributed by atoms with E-state index in [4.69, 9.17) is 14.2 Å². The fourth-order valence-corrected chi connectivity index (χ4v) is 3.88. The van der Waals surface area contributed by atoms with Crippen molar-refractivity contribution >= 4 is 22.1 Å². The highest BCUT2D eigenvalue weighted by Gasteiger charge is 2.37. The van der Waals surface area contributed by atoms with Crippen LogP contribution in [0.2, 0.25) is 0 Å². The number of hydrogen-bond donors (Lipinski definition) is 1. The molecule has 0 aliphatic carbocycles. The lowest BCUT2D eigenvalue weighted by molar-refractivity contribution is -0.146. The number of aromatic nitrogens is 1. The predicted octanol–water partition coefficient (Wildman–Crippen LogP) is 2.77. The lowest BCUT2D eigenvalue weighted by atomic mass is 10.0. The third-order valence-electron chi connectivity index (χ3n) is 4.22. The number of rotatable bonds is 8. The molecule has 1 N–H and O–H groups in total. The molecule has 0 radical (unpaired) electrons.